The molecule has 0 aliphatic carbocycles. The van der Waals surface area contributed by atoms with Gasteiger partial charge in [0.25, 0.3) is 0 Å². The van der Waals surface area contributed by atoms with Crippen molar-refractivity contribution in [3.05, 3.63) is 0 Å². The number of rotatable bonds is 8. The summed E-state index contributed by atoms with van der Waals surface area (Å²) < 4.78 is 0. The van der Waals surface area contributed by atoms with E-state index < -0.39 is 0 Å². The van der Waals surface area contributed by atoms with E-state index in [1.165, 1.54) is 6.42 Å². The van der Waals surface area contributed by atoms with E-state index in [-0.39, 0.29) is 11.8 Å². The summed E-state index contributed by atoms with van der Waals surface area (Å²) in [7, 11) is 0. The van der Waals surface area contributed by atoms with Gasteiger partial charge in [0.15, 0.2) is 0 Å². The lowest BCUT2D eigenvalue weighted by molar-refractivity contribution is -0.126. The summed E-state index contributed by atoms with van der Waals surface area (Å²) in [6.07, 6.45) is 5.59. The molecule has 2 nitrogen and oxygen atoms in total. The summed E-state index contributed by atoms with van der Waals surface area (Å²) >= 11 is 0. The first-order chi connectivity index (χ1) is 7.13. The molecule has 0 aromatic carbocycles. The molecule has 0 saturated heterocycles. The van der Waals surface area contributed by atoms with Gasteiger partial charge in [0, 0.05) is 12.5 Å². The van der Waals surface area contributed by atoms with Crippen LogP contribution in [0, 0.1) is 11.8 Å². The second-order valence-electron chi connectivity index (χ2n) is 4.64. The summed E-state index contributed by atoms with van der Waals surface area (Å²) in [5.41, 5.74) is 0. The largest absolute Gasteiger partial charge is 0.356 e. The molecule has 0 heterocycles. The van der Waals surface area contributed by atoms with Crippen LogP contribution in [0.25, 0.3) is 0 Å². The van der Waals surface area contributed by atoms with Crippen LogP contribution < -0.4 is 5.32 Å². The molecule has 90 valence electrons. The highest BCUT2D eigenvalue weighted by Gasteiger charge is 2.20. The Morgan fingerprint density at radius 2 is 1.73 bits per heavy atom. The lowest BCUT2D eigenvalue weighted by Gasteiger charge is -2.19. The lowest BCUT2D eigenvalue weighted by Crippen LogP contribution is -2.34. The van der Waals surface area contributed by atoms with Crippen LogP contribution in [0.3, 0.4) is 0 Å². The maximum Gasteiger partial charge on any atom is 0.223 e. The van der Waals surface area contributed by atoms with E-state index in [0.717, 1.165) is 32.2 Å². The third-order valence-electron chi connectivity index (χ3n) is 2.84. The van der Waals surface area contributed by atoms with Crippen LogP contribution in [0.5, 0.6) is 0 Å². The normalized spacial score (nSPS) is 12.9. The molecule has 1 amide bonds. The Morgan fingerprint density at radius 1 is 1.13 bits per heavy atom. The van der Waals surface area contributed by atoms with E-state index in [1.54, 1.807) is 0 Å². The van der Waals surface area contributed by atoms with Crippen molar-refractivity contribution in [2.24, 2.45) is 11.8 Å². The molecular weight excluding hydrogens is 186 g/mol. The molecule has 0 aliphatic rings. The SMILES string of the molecule is CCCCNC(=O)[C@H](CCCC)C(C)C. The van der Waals surface area contributed by atoms with Crippen LogP contribution in [0.4, 0.5) is 0 Å². The molecular formula is C13H27NO. The molecule has 0 rings (SSSR count). The van der Waals surface area contributed by atoms with Gasteiger partial charge in [-0.15, -0.1) is 0 Å². The second-order valence-corrected chi connectivity index (χ2v) is 4.64. The molecule has 0 saturated carbocycles. The number of amides is 1. The molecule has 0 unspecified atom stereocenters. The van der Waals surface area contributed by atoms with Gasteiger partial charge >= 0.3 is 0 Å². The van der Waals surface area contributed by atoms with Crippen molar-refractivity contribution in [3.63, 3.8) is 0 Å². The smallest absolute Gasteiger partial charge is 0.223 e. The minimum absolute atomic E-state index is 0.210. The van der Waals surface area contributed by atoms with Crippen LogP contribution in [0.15, 0.2) is 0 Å². The third kappa shape index (κ3) is 6.53. The van der Waals surface area contributed by atoms with E-state index in [1.807, 2.05) is 0 Å². The van der Waals surface area contributed by atoms with Gasteiger partial charge in [-0.25, -0.2) is 0 Å². The molecule has 0 radical (unpaired) electrons. The van der Waals surface area contributed by atoms with Crippen molar-refractivity contribution in [3.8, 4) is 0 Å². The van der Waals surface area contributed by atoms with E-state index in [9.17, 15) is 4.79 Å². The van der Waals surface area contributed by atoms with E-state index >= 15 is 0 Å². The standard InChI is InChI=1S/C13H27NO/c1-5-7-9-12(11(3)4)13(15)14-10-8-6-2/h11-12H,5-10H2,1-4H3,(H,14,15)/t12-/m1/s1. The molecule has 0 aromatic heterocycles. The van der Waals surface area contributed by atoms with Gasteiger partial charge in [-0.3, -0.25) is 4.79 Å². The Labute approximate surface area is 94.8 Å². The monoisotopic (exact) mass is 213 g/mol. The van der Waals surface area contributed by atoms with Crippen LogP contribution in [-0.4, -0.2) is 12.5 Å². The Kier molecular flexibility index (Phi) is 8.44. The Morgan fingerprint density at radius 3 is 2.20 bits per heavy atom. The van der Waals surface area contributed by atoms with Crippen LogP contribution in [-0.2, 0) is 4.79 Å². The highest BCUT2D eigenvalue weighted by Crippen LogP contribution is 2.18. The average molecular weight is 213 g/mol. The van der Waals surface area contributed by atoms with Gasteiger partial charge in [-0.2, -0.15) is 0 Å². The predicted octanol–water partition coefficient (Wildman–Crippen LogP) is 3.37. The van der Waals surface area contributed by atoms with Crippen LogP contribution >= 0.6 is 0 Å². The van der Waals surface area contributed by atoms with Gasteiger partial charge in [-0.1, -0.05) is 47.0 Å². The van der Waals surface area contributed by atoms with Gasteiger partial charge in [-0.05, 0) is 18.8 Å². The van der Waals surface area contributed by atoms with Gasteiger partial charge in [0.05, 0.1) is 0 Å². The molecule has 0 aliphatic heterocycles. The minimum atomic E-state index is 0.210. The number of carbonyl (C=O) groups is 1. The first-order valence-electron chi connectivity index (χ1n) is 6.41. The summed E-state index contributed by atoms with van der Waals surface area (Å²) in [6.45, 7) is 9.43. The molecule has 1 atom stereocenters. The average Bonchev–Trinajstić information content (AvgIpc) is 2.18. The van der Waals surface area contributed by atoms with Crippen LogP contribution in [0.2, 0.25) is 0 Å². The topological polar surface area (TPSA) is 29.1 Å². The van der Waals surface area contributed by atoms with Crippen molar-refractivity contribution in [1.29, 1.82) is 0 Å². The van der Waals surface area contributed by atoms with Crippen molar-refractivity contribution < 1.29 is 4.79 Å². The second kappa shape index (κ2) is 8.75. The van der Waals surface area contributed by atoms with Gasteiger partial charge in [0.1, 0.15) is 0 Å². The van der Waals surface area contributed by atoms with Crippen molar-refractivity contribution in [2.45, 2.75) is 59.8 Å². The molecule has 15 heavy (non-hydrogen) atoms. The maximum absolute atomic E-state index is 11.9. The quantitative estimate of drug-likeness (QED) is 0.615. The number of hydrogen-bond donors (Lipinski definition) is 1. The fourth-order valence-electron chi connectivity index (χ4n) is 1.71. The first-order valence-corrected chi connectivity index (χ1v) is 6.41. The van der Waals surface area contributed by atoms with Crippen molar-refractivity contribution in [2.75, 3.05) is 6.54 Å². The molecule has 1 N–H and O–H groups in total. The maximum atomic E-state index is 11.9. The Hall–Kier alpha value is -0.530. The molecule has 0 fully saturated rings. The summed E-state index contributed by atoms with van der Waals surface area (Å²) in [5, 5.41) is 3.03. The van der Waals surface area contributed by atoms with E-state index in [0.29, 0.717) is 5.92 Å². The van der Waals surface area contributed by atoms with Gasteiger partial charge in [0.2, 0.25) is 5.91 Å². The fourth-order valence-corrected chi connectivity index (χ4v) is 1.71. The number of carbonyl (C=O) groups excluding carboxylic acids is 1. The highest BCUT2D eigenvalue weighted by atomic mass is 16.1. The molecule has 2 heteroatoms. The molecule has 0 bridgehead atoms. The van der Waals surface area contributed by atoms with E-state index in [4.69, 9.17) is 0 Å². The first kappa shape index (κ1) is 14.5. The number of nitrogens with one attached hydrogen (secondary N) is 1. The van der Waals surface area contributed by atoms with E-state index in [2.05, 4.69) is 33.0 Å². The molecule has 0 aromatic rings. The summed E-state index contributed by atoms with van der Waals surface area (Å²) in [6, 6.07) is 0. The van der Waals surface area contributed by atoms with Crippen LogP contribution in [0.1, 0.15) is 59.8 Å². The number of unbranched alkanes of at least 4 members (excludes halogenated alkanes) is 2. The zero-order valence-corrected chi connectivity index (χ0v) is 10.8. The summed E-state index contributed by atoms with van der Waals surface area (Å²) in [5.74, 6) is 0.923. The van der Waals surface area contributed by atoms with Crippen molar-refractivity contribution in [1.82, 2.24) is 5.32 Å². The third-order valence-corrected chi connectivity index (χ3v) is 2.84. The minimum Gasteiger partial charge on any atom is -0.356 e. The molecule has 0 spiro atoms. The Bertz CT molecular complexity index is 166. The predicted molar refractivity (Wildman–Crippen MR) is 65.8 cm³/mol. The zero-order chi connectivity index (χ0) is 11.7. The van der Waals surface area contributed by atoms with Crippen molar-refractivity contribution >= 4 is 5.91 Å². The highest BCUT2D eigenvalue weighted by molar-refractivity contribution is 5.78. The van der Waals surface area contributed by atoms with Gasteiger partial charge < -0.3 is 5.32 Å². The summed E-state index contributed by atoms with van der Waals surface area (Å²) in [4.78, 5) is 11.9. The Balaban J connectivity index is 3.93. The number of hydrogen-bond acceptors (Lipinski definition) is 1. The zero-order valence-electron chi connectivity index (χ0n) is 10.8. The lowest BCUT2D eigenvalue weighted by atomic mass is 9.90. The fraction of sp³-hybridized carbons (Fsp3) is 0.923.